The fourth-order valence-corrected chi connectivity index (χ4v) is 5.81. The number of nitrogens with one attached hydrogen (secondary N) is 1. The number of likely N-dealkylation sites (tertiary alicyclic amines) is 1. The van der Waals surface area contributed by atoms with Crippen LogP contribution in [0.2, 0.25) is 0 Å². The third-order valence-corrected chi connectivity index (χ3v) is 8.28. The molecule has 202 valence electrons. The first-order chi connectivity index (χ1) is 18.0. The van der Waals surface area contributed by atoms with Crippen molar-refractivity contribution in [3.63, 3.8) is 0 Å². The van der Waals surface area contributed by atoms with Gasteiger partial charge in [0.1, 0.15) is 0 Å². The van der Waals surface area contributed by atoms with Gasteiger partial charge in [-0.3, -0.25) is 4.90 Å². The molecule has 1 aliphatic rings. The normalized spacial score (nSPS) is 14.7. The zero-order valence-electron chi connectivity index (χ0n) is 23.3. The van der Waals surface area contributed by atoms with Gasteiger partial charge in [0.2, 0.25) is 5.95 Å². The Hall–Kier alpha value is -2.15. The summed E-state index contributed by atoms with van der Waals surface area (Å²) in [4.78, 5) is 11.6. The lowest BCUT2D eigenvalue weighted by Gasteiger charge is -2.26. The molecule has 1 fully saturated rings. The lowest BCUT2D eigenvalue weighted by molar-refractivity contribution is 0.223. The summed E-state index contributed by atoms with van der Waals surface area (Å²) in [5, 5.41) is 5.79. The number of thiophene rings is 1. The zero-order valence-corrected chi connectivity index (χ0v) is 24.2. The number of piperidine rings is 1. The van der Waals surface area contributed by atoms with Crippen molar-refractivity contribution in [2.45, 2.75) is 78.9 Å². The van der Waals surface area contributed by atoms with E-state index in [4.69, 9.17) is 4.98 Å². The lowest BCUT2D eigenvalue weighted by Crippen LogP contribution is -2.31. The molecule has 3 heterocycles. The molecule has 0 radical (unpaired) electrons. The third kappa shape index (κ3) is 8.69. The molecule has 0 unspecified atom stereocenters. The van der Waals surface area contributed by atoms with Crippen LogP contribution >= 0.6 is 11.3 Å². The van der Waals surface area contributed by atoms with E-state index in [2.05, 4.69) is 82.7 Å². The number of fused-ring (bicyclic) bond motifs is 1. The second-order valence-corrected chi connectivity index (χ2v) is 12.3. The maximum atomic E-state index is 5.03. The van der Waals surface area contributed by atoms with Crippen LogP contribution in [0.15, 0.2) is 47.9 Å². The molecule has 0 spiro atoms. The highest BCUT2D eigenvalue weighted by Gasteiger charge is 2.15. The Balaban J connectivity index is 1.52. The number of aryl methyl sites for hydroxylation is 1. The van der Waals surface area contributed by atoms with Gasteiger partial charge in [0.15, 0.2) is 0 Å². The molecule has 2 aromatic heterocycles. The quantitative estimate of drug-likeness (QED) is 0.211. The SMILES string of the molecule is C=C(C)CCN(CCC(C)C)Cc1ccc2nc(NCc3cccs3)n(CCCN3CCCCC3)c2c1. The first-order valence-electron chi connectivity index (χ1n) is 14.3. The van der Waals surface area contributed by atoms with Crippen LogP contribution in [-0.4, -0.2) is 52.1 Å². The standard InChI is InChI=1S/C31H47N5S/c1-25(2)13-19-35(20-14-26(3)4)24-27-11-12-29-30(22-27)36(18-9-17-34-15-6-5-7-16-34)31(33-29)32-23-28-10-8-21-37-28/h8,10-12,21-22,26H,1,5-7,9,13-20,23-24H2,2-4H3,(H,32,33). The van der Waals surface area contributed by atoms with Gasteiger partial charge in [0.25, 0.3) is 0 Å². The molecule has 1 N–H and O–H groups in total. The minimum atomic E-state index is 0.716. The second kappa shape index (κ2) is 14.1. The minimum Gasteiger partial charge on any atom is -0.351 e. The molecule has 4 rings (SSSR count). The molecule has 0 bridgehead atoms. The molecule has 0 saturated carbocycles. The molecule has 1 aliphatic heterocycles. The van der Waals surface area contributed by atoms with Crippen molar-refractivity contribution < 1.29 is 0 Å². The molecular formula is C31H47N5S. The van der Waals surface area contributed by atoms with Gasteiger partial charge in [0.05, 0.1) is 17.6 Å². The van der Waals surface area contributed by atoms with Crippen molar-refractivity contribution >= 4 is 28.3 Å². The number of anilines is 1. The molecule has 0 amide bonds. The number of benzene rings is 1. The third-order valence-electron chi connectivity index (χ3n) is 7.40. The summed E-state index contributed by atoms with van der Waals surface area (Å²) in [6, 6.07) is 11.2. The first kappa shape index (κ1) is 27.9. The van der Waals surface area contributed by atoms with E-state index in [-0.39, 0.29) is 0 Å². The molecule has 3 aromatic rings. The van der Waals surface area contributed by atoms with Crippen LogP contribution in [0.5, 0.6) is 0 Å². The van der Waals surface area contributed by atoms with Gasteiger partial charge < -0.3 is 14.8 Å². The monoisotopic (exact) mass is 521 g/mol. The average Bonchev–Trinajstić information content (AvgIpc) is 3.53. The number of nitrogens with zero attached hydrogens (tertiary/aromatic N) is 4. The second-order valence-electron chi connectivity index (χ2n) is 11.3. The molecule has 0 atom stereocenters. The number of aromatic nitrogens is 2. The highest BCUT2D eigenvalue weighted by Crippen LogP contribution is 2.24. The van der Waals surface area contributed by atoms with Crippen molar-refractivity contribution in [1.82, 2.24) is 19.4 Å². The Kier molecular flexibility index (Phi) is 10.6. The smallest absolute Gasteiger partial charge is 0.204 e. The van der Waals surface area contributed by atoms with Gasteiger partial charge in [-0.2, -0.15) is 0 Å². The molecule has 5 nitrogen and oxygen atoms in total. The summed E-state index contributed by atoms with van der Waals surface area (Å²) in [5.41, 5.74) is 4.98. The highest BCUT2D eigenvalue weighted by atomic mass is 32.1. The van der Waals surface area contributed by atoms with E-state index in [0.29, 0.717) is 5.92 Å². The van der Waals surface area contributed by atoms with Crippen molar-refractivity contribution in [2.75, 3.05) is 38.0 Å². The van der Waals surface area contributed by atoms with Crippen LogP contribution in [0.25, 0.3) is 11.0 Å². The van der Waals surface area contributed by atoms with Crippen molar-refractivity contribution in [3.05, 3.63) is 58.3 Å². The van der Waals surface area contributed by atoms with Crippen LogP contribution in [-0.2, 0) is 19.6 Å². The fourth-order valence-electron chi connectivity index (χ4n) is 5.16. The molecule has 6 heteroatoms. The van der Waals surface area contributed by atoms with Crippen molar-refractivity contribution in [3.8, 4) is 0 Å². The Labute approximate surface area is 228 Å². The number of hydrogen-bond donors (Lipinski definition) is 1. The van der Waals surface area contributed by atoms with Gasteiger partial charge >= 0.3 is 0 Å². The minimum absolute atomic E-state index is 0.716. The Bertz CT molecular complexity index is 1090. The Morgan fingerprint density at radius 2 is 1.97 bits per heavy atom. The summed E-state index contributed by atoms with van der Waals surface area (Å²) in [7, 11) is 0. The van der Waals surface area contributed by atoms with E-state index >= 15 is 0 Å². The van der Waals surface area contributed by atoms with Crippen LogP contribution in [0, 0.1) is 5.92 Å². The molecular weight excluding hydrogens is 474 g/mol. The molecule has 1 aromatic carbocycles. The highest BCUT2D eigenvalue weighted by molar-refractivity contribution is 7.09. The zero-order chi connectivity index (χ0) is 26.0. The lowest BCUT2D eigenvalue weighted by atomic mass is 10.1. The summed E-state index contributed by atoms with van der Waals surface area (Å²) < 4.78 is 2.43. The number of imidazole rings is 1. The van der Waals surface area contributed by atoms with Crippen LogP contribution in [0.3, 0.4) is 0 Å². The Morgan fingerprint density at radius 3 is 2.70 bits per heavy atom. The van der Waals surface area contributed by atoms with Crippen molar-refractivity contribution in [2.24, 2.45) is 5.92 Å². The summed E-state index contributed by atoms with van der Waals surface area (Å²) in [6.07, 6.45) is 7.54. The van der Waals surface area contributed by atoms with E-state index in [1.165, 1.54) is 66.8 Å². The van der Waals surface area contributed by atoms with E-state index in [9.17, 15) is 0 Å². The maximum absolute atomic E-state index is 5.03. The number of rotatable bonds is 15. The first-order valence-corrected chi connectivity index (χ1v) is 15.2. The predicted molar refractivity (Wildman–Crippen MR) is 160 cm³/mol. The van der Waals surface area contributed by atoms with Crippen molar-refractivity contribution in [1.29, 1.82) is 0 Å². The topological polar surface area (TPSA) is 36.3 Å². The maximum Gasteiger partial charge on any atom is 0.204 e. The largest absolute Gasteiger partial charge is 0.351 e. The summed E-state index contributed by atoms with van der Waals surface area (Å²) >= 11 is 1.80. The van der Waals surface area contributed by atoms with E-state index in [1.807, 2.05) is 0 Å². The molecule has 1 saturated heterocycles. The van der Waals surface area contributed by atoms with E-state index < -0.39 is 0 Å². The van der Waals surface area contributed by atoms with Gasteiger partial charge in [-0.15, -0.1) is 17.9 Å². The summed E-state index contributed by atoms with van der Waals surface area (Å²) in [6.45, 7) is 19.6. The van der Waals surface area contributed by atoms with Gasteiger partial charge in [-0.1, -0.05) is 38.0 Å². The number of hydrogen-bond acceptors (Lipinski definition) is 5. The molecule has 37 heavy (non-hydrogen) atoms. The predicted octanol–water partition coefficient (Wildman–Crippen LogP) is 7.40. The van der Waals surface area contributed by atoms with Crippen LogP contribution in [0.4, 0.5) is 5.95 Å². The van der Waals surface area contributed by atoms with Gasteiger partial charge in [0, 0.05) is 24.5 Å². The summed E-state index contributed by atoms with van der Waals surface area (Å²) in [5.74, 6) is 1.71. The van der Waals surface area contributed by atoms with E-state index in [0.717, 1.165) is 57.0 Å². The molecule has 0 aliphatic carbocycles. The van der Waals surface area contributed by atoms with Crippen LogP contribution in [0.1, 0.15) is 69.7 Å². The average molecular weight is 522 g/mol. The Morgan fingerprint density at radius 1 is 1.14 bits per heavy atom. The van der Waals surface area contributed by atoms with Gasteiger partial charge in [-0.25, -0.2) is 4.98 Å². The van der Waals surface area contributed by atoms with Crippen LogP contribution < -0.4 is 5.32 Å². The van der Waals surface area contributed by atoms with E-state index in [1.54, 1.807) is 11.3 Å². The van der Waals surface area contributed by atoms with Gasteiger partial charge in [-0.05, 0) is 100 Å². The fraction of sp³-hybridized carbons (Fsp3) is 0.581.